The van der Waals surface area contributed by atoms with Crippen LogP contribution in [0.1, 0.15) is 50.8 Å². The molecular weight excluding hydrogens is 496 g/mol. The van der Waals surface area contributed by atoms with Crippen LogP contribution < -0.4 is 23.7 Å². The standard InChI is InChI=1S/C32H28O7/c1-3-15-36-24-11-12-25(31(33)22-9-14-28-30(16-22)39-20-38-28)27(17-24)32(34)26-13-10-23(35-2)18-29(26)37-19-21-7-5-4-6-8-21/h4-14,16-18H,3,15,19-20H2,1-2H3. The van der Waals surface area contributed by atoms with Gasteiger partial charge in [0.05, 0.1) is 19.3 Å². The van der Waals surface area contributed by atoms with E-state index in [1.54, 1.807) is 61.7 Å². The zero-order valence-corrected chi connectivity index (χ0v) is 21.8. The highest BCUT2D eigenvalue weighted by Crippen LogP contribution is 2.35. The van der Waals surface area contributed by atoms with E-state index < -0.39 is 0 Å². The van der Waals surface area contributed by atoms with E-state index in [9.17, 15) is 9.59 Å². The van der Waals surface area contributed by atoms with Crippen molar-refractivity contribution in [2.24, 2.45) is 0 Å². The van der Waals surface area contributed by atoms with E-state index in [1.807, 2.05) is 37.3 Å². The van der Waals surface area contributed by atoms with Gasteiger partial charge in [0.15, 0.2) is 23.1 Å². The molecule has 0 saturated heterocycles. The maximum Gasteiger partial charge on any atom is 0.231 e. The monoisotopic (exact) mass is 524 g/mol. The third-order valence-electron chi connectivity index (χ3n) is 6.26. The largest absolute Gasteiger partial charge is 0.497 e. The van der Waals surface area contributed by atoms with Crippen molar-refractivity contribution in [2.45, 2.75) is 20.0 Å². The van der Waals surface area contributed by atoms with Crippen LogP contribution >= 0.6 is 0 Å². The molecule has 1 aliphatic rings. The fourth-order valence-corrected chi connectivity index (χ4v) is 4.23. The lowest BCUT2D eigenvalue weighted by Crippen LogP contribution is -2.13. The Morgan fingerprint density at radius 3 is 2.31 bits per heavy atom. The Morgan fingerprint density at radius 1 is 0.744 bits per heavy atom. The molecule has 5 rings (SSSR count). The molecule has 0 saturated carbocycles. The van der Waals surface area contributed by atoms with Crippen LogP contribution in [0.3, 0.4) is 0 Å². The van der Waals surface area contributed by atoms with Crippen molar-refractivity contribution in [3.05, 3.63) is 113 Å². The highest BCUT2D eigenvalue weighted by Gasteiger charge is 2.25. The second-order valence-corrected chi connectivity index (χ2v) is 8.92. The Bertz CT molecular complexity index is 1490. The van der Waals surface area contributed by atoms with Crippen molar-refractivity contribution in [1.82, 2.24) is 0 Å². The number of ketones is 2. The summed E-state index contributed by atoms with van der Waals surface area (Å²) >= 11 is 0. The number of ether oxygens (including phenoxy) is 5. The van der Waals surface area contributed by atoms with Gasteiger partial charge < -0.3 is 23.7 Å². The number of hydrogen-bond acceptors (Lipinski definition) is 7. The minimum absolute atomic E-state index is 0.101. The Kier molecular flexibility index (Phi) is 7.78. The fourth-order valence-electron chi connectivity index (χ4n) is 4.23. The number of carbonyl (C=O) groups excluding carboxylic acids is 2. The topological polar surface area (TPSA) is 80.3 Å². The molecular formula is C32H28O7. The lowest BCUT2D eigenvalue weighted by molar-refractivity contribution is 0.1000. The zero-order chi connectivity index (χ0) is 27.2. The van der Waals surface area contributed by atoms with Crippen LogP contribution in [0.25, 0.3) is 0 Å². The minimum atomic E-state index is -0.369. The van der Waals surface area contributed by atoms with Crippen molar-refractivity contribution in [3.63, 3.8) is 0 Å². The summed E-state index contributed by atoms with van der Waals surface area (Å²) in [5, 5.41) is 0. The molecule has 1 heterocycles. The SMILES string of the molecule is CCCOc1ccc(C(=O)c2ccc3c(c2)OCO3)c(C(=O)c2ccc(OC)cc2OCc2ccccc2)c1. The van der Waals surface area contributed by atoms with Crippen molar-refractivity contribution < 1.29 is 33.3 Å². The Labute approximate surface area is 226 Å². The molecule has 0 bridgehead atoms. The van der Waals surface area contributed by atoms with Gasteiger partial charge in [-0.25, -0.2) is 0 Å². The summed E-state index contributed by atoms with van der Waals surface area (Å²) in [6, 6.07) is 24.6. The summed E-state index contributed by atoms with van der Waals surface area (Å²) in [6.07, 6.45) is 0.803. The Morgan fingerprint density at radius 2 is 1.51 bits per heavy atom. The number of hydrogen-bond donors (Lipinski definition) is 0. The first kappa shape index (κ1) is 25.9. The van der Waals surface area contributed by atoms with Crippen molar-refractivity contribution in [2.75, 3.05) is 20.5 Å². The molecule has 7 heteroatoms. The lowest BCUT2D eigenvalue weighted by Gasteiger charge is -2.15. The van der Waals surface area contributed by atoms with Gasteiger partial charge in [-0.1, -0.05) is 37.3 Å². The van der Waals surface area contributed by atoms with Gasteiger partial charge in [-0.15, -0.1) is 0 Å². The van der Waals surface area contributed by atoms with Gasteiger partial charge >= 0.3 is 0 Å². The summed E-state index contributed by atoms with van der Waals surface area (Å²) in [5.74, 6) is 1.78. The summed E-state index contributed by atoms with van der Waals surface area (Å²) < 4.78 is 28.1. The molecule has 0 radical (unpaired) electrons. The third-order valence-corrected chi connectivity index (χ3v) is 6.26. The van der Waals surface area contributed by atoms with Gasteiger partial charge in [0, 0.05) is 22.8 Å². The van der Waals surface area contributed by atoms with Crippen molar-refractivity contribution in [1.29, 1.82) is 0 Å². The van der Waals surface area contributed by atoms with E-state index in [4.69, 9.17) is 23.7 Å². The molecule has 0 spiro atoms. The second kappa shape index (κ2) is 11.7. The van der Waals surface area contributed by atoms with Crippen LogP contribution in [0, 0.1) is 0 Å². The predicted octanol–water partition coefficient (Wildman–Crippen LogP) is 6.25. The number of rotatable bonds is 11. The van der Waals surface area contributed by atoms with Gasteiger partial charge in [0.1, 0.15) is 23.9 Å². The zero-order valence-electron chi connectivity index (χ0n) is 21.8. The first-order valence-corrected chi connectivity index (χ1v) is 12.7. The van der Waals surface area contributed by atoms with E-state index in [0.717, 1.165) is 12.0 Å². The first-order chi connectivity index (χ1) is 19.1. The average molecular weight is 525 g/mol. The van der Waals surface area contributed by atoms with E-state index in [1.165, 1.54) is 0 Å². The summed E-state index contributed by atoms with van der Waals surface area (Å²) in [6.45, 7) is 2.84. The molecule has 4 aromatic rings. The van der Waals surface area contributed by atoms with Crippen LogP contribution in [0.5, 0.6) is 28.7 Å². The smallest absolute Gasteiger partial charge is 0.231 e. The predicted molar refractivity (Wildman–Crippen MR) is 145 cm³/mol. The minimum Gasteiger partial charge on any atom is -0.497 e. The molecule has 0 N–H and O–H groups in total. The molecule has 4 aromatic carbocycles. The van der Waals surface area contributed by atoms with Gasteiger partial charge in [-0.05, 0) is 60.5 Å². The van der Waals surface area contributed by atoms with Crippen LogP contribution in [-0.2, 0) is 6.61 Å². The van der Waals surface area contributed by atoms with E-state index in [-0.39, 0.29) is 36.1 Å². The molecule has 0 amide bonds. The Hall–Kier alpha value is -4.78. The molecule has 198 valence electrons. The van der Waals surface area contributed by atoms with Crippen LogP contribution in [-0.4, -0.2) is 32.1 Å². The molecule has 7 nitrogen and oxygen atoms in total. The van der Waals surface area contributed by atoms with Gasteiger partial charge in [0.25, 0.3) is 0 Å². The normalized spacial score (nSPS) is 11.6. The number of methoxy groups -OCH3 is 1. The summed E-state index contributed by atoms with van der Waals surface area (Å²) in [4.78, 5) is 27.8. The van der Waals surface area contributed by atoms with Gasteiger partial charge in [-0.3, -0.25) is 9.59 Å². The lowest BCUT2D eigenvalue weighted by atomic mass is 9.92. The van der Waals surface area contributed by atoms with Gasteiger partial charge in [-0.2, -0.15) is 0 Å². The number of carbonyl (C=O) groups is 2. The molecule has 1 aliphatic heterocycles. The number of fused-ring (bicyclic) bond motifs is 1. The molecule has 39 heavy (non-hydrogen) atoms. The number of benzene rings is 4. The Balaban J connectivity index is 1.54. The van der Waals surface area contributed by atoms with Gasteiger partial charge in [0.2, 0.25) is 6.79 Å². The fraction of sp³-hybridized carbons (Fsp3) is 0.188. The molecule has 0 atom stereocenters. The van der Waals surface area contributed by atoms with E-state index in [0.29, 0.717) is 46.5 Å². The summed E-state index contributed by atoms with van der Waals surface area (Å²) in [7, 11) is 1.55. The van der Waals surface area contributed by atoms with Crippen LogP contribution in [0.4, 0.5) is 0 Å². The molecule has 0 aromatic heterocycles. The third kappa shape index (κ3) is 5.72. The molecule has 0 unspecified atom stereocenters. The van der Waals surface area contributed by atoms with E-state index in [2.05, 4.69) is 0 Å². The molecule has 0 aliphatic carbocycles. The maximum atomic E-state index is 14.1. The van der Waals surface area contributed by atoms with Crippen molar-refractivity contribution >= 4 is 11.6 Å². The second-order valence-electron chi connectivity index (χ2n) is 8.92. The van der Waals surface area contributed by atoms with Crippen LogP contribution in [0.15, 0.2) is 84.9 Å². The van der Waals surface area contributed by atoms with Crippen LogP contribution in [0.2, 0.25) is 0 Å². The van der Waals surface area contributed by atoms with Crippen molar-refractivity contribution in [3.8, 4) is 28.7 Å². The highest BCUT2D eigenvalue weighted by molar-refractivity contribution is 6.20. The van der Waals surface area contributed by atoms with E-state index >= 15 is 0 Å². The first-order valence-electron chi connectivity index (χ1n) is 12.7. The maximum absolute atomic E-state index is 14.1. The summed E-state index contributed by atoms with van der Waals surface area (Å²) in [5.41, 5.74) is 2.09. The molecule has 0 fully saturated rings. The quantitative estimate of drug-likeness (QED) is 0.214. The average Bonchev–Trinajstić information content (AvgIpc) is 3.46. The highest BCUT2D eigenvalue weighted by atomic mass is 16.7.